The minimum absolute atomic E-state index is 0.0338. The minimum Gasteiger partial charge on any atom is -0.495 e. The normalized spacial score (nSPS) is 16.8. The van der Waals surface area contributed by atoms with E-state index in [1.807, 2.05) is 0 Å². The topological polar surface area (TPSA) is 98.1 Å². The van der Waals surface area contributed by atoms with Crippen LogP contribution in [-0.2, 0) is 9.59 Å². The van der Waals surface area contributed by atoms with Crippen LogP contribution in [0.1, 0.15) is 12.5 Å². The number of amides is 2. The van der Waals surface area contributed by atoms with E-state index >= 15 is 0 Å². The van der Waals surface area contributed by atoms with E-state index in [0.717, 1.165) is 0 Å². The number of fused-ring (bicyclic) bond motifs is 1. The predicted octanol–water partition coefficient (Wildman–Crippen LogP) is 0.809. The molecule has 0 unspecified atom stereocenters. The summed E-state index contributed by atoms with van der Waals surface area (Å²) in [5.74, 6) is 0.229. The highest BCUT2D eigenvalue weighted by Gasteiger charge is 2.31. The summed E-state index contributed by atoms with van der Waals surface area (Å²) in [6.45, 7) is 0. The van der Waals surface area contributed by atoms with Gasteiger partial charge in [0.25, 0.3) is 0 Å². The standard InChI is InChI=1S/C13H13N5O3/c1-21-10-5-3-2-4-8(10)15-12(20)9-6-11(19)16-13-17-14-7-18(9)13/h2-5,7,9H,6H2,1H3,(H,15,20)(H,16,17,19)/t9-/m0/s1. The minimum atomic E-state index is -0.686. The molecule has 2 aromatic rings. The number of rotatable bonds is 3. The third-order valence-electron chi connectivity index (χ3n) is 3.21. The maximum Gasteiger partial charge on any atom is 0.248 e. The van der Waals surface area contributed by atoms with E-state index in [1.165, 1.54) is 18.0 Å². The van der Waals surface area contributed by atoms with Crippen molar-refractivity contribution < 1.29 is 14.3 Å². The lowest BCUT2D eigenvalue weighted by atomic mass is 10.1. The number of ether oxygens (including phenoxy) is 1. The fourth-order valence-electron chi connectivity index (χ4n) is 2.19. The molecule has 0 radical (unpaired) electrons. The Morgan fingerprint density at radius 3 is 3.10 bits per heavy atom. The summed E-state index contributed by atoms with van der Waals surface area (Å²) in [6.07, 6.45) is 1.45. The van der Waals surface area contributed by atoms with Gasteiger partial charge in [-0.05, 0) is 12.1 Å². The van der Waals surface area contributed by atoms with Gasteiger partial charge in [-0.2, -0.15) is 0 Å². The number of nitrogens with zero attached hydrogens (tertiary/aromatic N) is 3. The Morgan fingerprint density at radius 2 is 2.29 bits per heavy atom. The number of carbonyl (C=O) groups is 2. The fourth-order valence-corrected chi connectivity index (χ4v) is 2.19. The first kappa shape index (κ1) is 13.1. The molecule has 2 amide bonds. The van der Waals surface area contributed by atoms with Gasteiger partial charge in [0.1, 0.15) is 18.1 Å². The summed E-state index contributed by atoms with van der Waals surface area (Å²) in [5, 5.41) is 12.8. The number of benzene rings is 1. The van der Waals surface area contributed by atoms with Crippen molar-refractivity contribution in [1.82, 2.24) is 14.8 Å². The molecule has 0 spiro atoms. The van der Waals surface area contributed by atoms with Gasteiger partial charge in [-0.25, -0.2) is 0 Å². The Labute approximate surface area is 120 Å². The maximum atomic E-state index is 12.4. The number of carbonyl (C=O) groups excluding carboxylic acids is 2. The van der Waals surface area contributed by atoms with Gasteiger partial charge in [0.15, 0.2) is 0 Å². The predicted molar refractivity (Wildman–Crippen MR) is 73.9 cm³/mol. The van der Waals surface area contributed by atoms with E-state index in [9.17, 15) is 9.59 Å². The maximum absolute atomic E-state index is 12.4. The average Bonchev–Trinajstić information content (AvgIpc) is 2.94. The van der Waals surface area contributed by atoms with Crippen LogP contribution >= 0.6 is 0 Å². The van der Waals surface area contributed by atoms with Crippen LogP contribution in [0.3, 0.4) is 0 Å². The molecule has 0 saturated carbocycles. The Kier molecular flexibility index (Phi) is 3.27. The number of methoxy groups -OCH3 is 1. The number of hydrogen-bond acceptors (Lipinski definition) is 5. The molecule has 0 saturated heterocycles. The zero-order valence-electron chi connectivity index (χ0n) is 11.2. The number of aromatic nitrogens is 3. The molecule has 1 aromatic heterocycles. The van der Waals surface area contributed by atoms with Crippen LogP contribution in [0.25, 0.3) is 0 Å². The van der Waals surface area contributed by atoms with E-state index in [2.05, 4.69) is 20.8 Å². The van der Waals surface area contributed by atoms with E-state index in [-0.39, 0.29) is 24.2 Å². The van der Waals surface area contributed by atoms with Gasteiger partial charge in [0, 0.05) is 0 Å². The van der Waals surface area contributed by atoms with Crippen molar-refractivity contribution in [3.05, 3.63) is 30.6 Å². The molecule has 2 N–H and O–H groups in total. The van der Waals surface area contributed by atoms with Crippen LogP contribution in [0.5, 0.6) is 5.75 Å². The molecular formula is C13H13N5O3. The van der Waals surface area contributed by atoms with Crippen LogP contribution < -0.4 is 15.4 Å². The lowest BCUT2D eigenvalue weighted by molar-refractivity contribution is -0.125. The largest absolute Gasteiger partial charge is 0.495 e. The fraction of sp³-hybridized carbons (Fsp3) is 0.231. The van der Waals surface area contributed by atoms with Crippen LogP contribution in [0.15, 0.2) is 30.6 Å². The van der Waals surface area contributed by atoms with Crippen molar-refractivity contribution in [2.45, 2.75) is 12.5 Å². The number of anilines is 2. The highest BCUT2D eigenvalue weighted by atomic mass is 16.5. The summed E-state index contributed by atoms with van der Waals surface area (Å²) >= 11 is 0. The van der Waals surface area contributed by atoms with Crippen LogP contribution in [0.2, 0.25) is 0 Å². The van der Waals surface area contributed by atoms with E-state index in [0.29, 0.717) is 11.4 Å². The molecule has 0 fully saturated rings. The molecule has 1 aromatic carbocycles. The van der Waals surface area contributed by atoms with Crippen LogP contribution in [-0.4, -0.2) is 33.7 Å². The summed E-state index contributed by atoms with van der Waals surface area (Å²) in [5.41, 5.74) is 0.547. The highest BCUT2D eigenvalue weighted by Crippen LogP contribution is 2.27. The second-order valence-corrected chi connectivity index (χ2v) is 4.52. The molecule has 1 atom stereocenters. The molecule has 0 bridgehead atoms. The van der Waals surface area contributed by atoms with E-state index < -0.39 is 6.04 Å². The zero-order chi connectivity index (χ0) is 14.8. The van der Waals surface area contributed by atoms with E-state index in [1.54, 1.807) is 24.3 Å². The molecule has 0 aliphatic carbocycles. The first-order chi connectivity index (χ1) is 10.2. The van der Waals surface area contributed by atoms with Gasteiger partial charge in [0.05, 0.1) is 19.2 Å². The second kappa shape index (κ2) is 5.23. The summed E-state index contributed by atoms with van der Waals surface area (Å²) in [4.78, 5) is 24.0. The average molecular weight is 287 g/mol. The van der Waals surface area contributed by atoms with Crippen molar-refractivity contribution in [1.29, 1.82) is 0 Å². The molecule has 108 valence electrons. The van der Waals surface area contributed by atoms with Gasteiger partial charge < -0.3 is 10.1 Å². The van der Waals surface area contributed by atoms with Crippen molar-refractivity contribution in [2.24, 2.45) is 0 Å². The Hall–Kier alpha value is -2.90. The van der Waals surface area contributed by atoms with Crippen molar-refractivity contribution in [2.75, 3.05) is 17.7 Å². The summed E-state index contributed by atoms with van der Waals surface area (Å²) in [6, 6.07) is 6.38. The zero-order valence-corrected chi connectivity index (χ0v) is 11.2. The van der Waals surface area contributed by atoms with Crippen molar-refractivity contribution in [3.8, 4) is 5.75 Å². The lowest BCUT2D eigenvalue weighted by Crippen LogP contribution is -2.35. The van der Waals surface area contributed by atoms with Gasteiger partial charge in [-0.3, -0.25) is 19.5 Å². The van der Waals surface area contributed by atoms with Crippen LogP contribution in [0, 0.1) is 0 Å². The molecule has 1 aliphatic rings. The summed E-state index contributed by atoms with van der Waals surface area (Å²) in [7, 11) is 1.52. The smallest absolute Gasteiger partial charge is 0.248 e. The third kappa shape index (κ3) is 2.42. The number of hydrogen-bond donors (Lipinski definition) is 2. The quantitative estimate of drug-likeness (QED) is 0.870. The molecule has 1 aliphatic heterocycles. The van der Waals surface area contributed by atoms with Crippen LogP contribution in [0.4, 0.5) is 11.6 Å². The number of nitrogens with one attached hydrogen (secondary N) is 2. The van der Waals surface area contributed by atoms with Gasteiger partial charge in [0.2, 0.25) is 17.8 Å². The van der Waals surface area contributed by atoms with Crippen molar-refractivity contribution in [3.63, 3.8) is 0 Å². The second-order valence-electron chi connectivity index (χ2n) is 4.52. The number of para-hydroxylation sites is 2. The SMILES string of the molecule is COc1ccccc1NC(=O)[C@@H]1CC(=O)Nc2nncn21. The van der Waals surface area contributed by atoms with Gasteiger partial charge in [-0.1, -0.05) is 12.1 Å². The monoisotopic (exact) mass is 287 g/mol. The molecule has 8 heteroatoms. The lowest BCUT2D eigenvalue weighted by Gasteiger charge is -2.23. The van der Waals surface area contributed by atoms with Gasteiger partial charge in [-0.15, -0.1) is 10.2 Å². The molecule has 8 nitrogen and oxygen atoms in total. The Morgan fingerprint density at radius 1 is 1.48 bits per heavy atom. The molecule has 2 heterocycles. The molecule has 3 rings (SSSR count). The third-order valence-corrected chi connectivity index (χ3v) is 3.21. The first-order valence-corrected chi connectivity index (χ1v) is 6.32. The van der Waals surface area contributed by atoms with Gasteiger partial charge >= 0.3 is 0 Å². The Bertz CT molecular complexity index is 697. The Balaban J connectivity index is 1.85. The van der Waals surface area contributed by atoms with Crippen molar-refractivity contribution >= 4 is 23.5 Å². The van der Waals surface area contributed by atoms with E-state index in [4.69, 9.17) is 4.74 Å². The molecule has 21 heavy (non-hydrogen) atoms. The highest BCUT2D eigenvalue weighted by molar-refractivity contribution is 6.01. The molecular weight excluding hydrogens is 274 g/mol. The first-order valence-electron chi connectivity index (χ1n) is 6.32. The summed E-state index contributed by atoms with van der Waals surface area (Å²) < 4.78 is 6.72.